The first-order valence-corrected chi connectivity index (χ1v) is 9.27. The number of rotatable bonds is 4. The summed E-state index contributed by atoms with van der Waals surface area (Å²) < 4.78 is 28.8. The maximum absolute atomic E-state index is 12.9. The number of hydrogen-bond donors (Lipinski definition) is 1. The molecule has 0 bridgehead atoms. The summed E-state index contributed by atoms with van der Waals surface area (Å²) in [6.07, 6.45) is 7.79. The first-order chi connectivity index (χ1) is 10.4. The van der Waals surface area contributed by atoms with E-state index in [2.05, 4.69) is 0 Å². The topological polar surface area (TPSA) is 79.6 Å². The SMILES string of the molecule is Cn1cc(S(=O)(=O)N2CCCC2C2CCCC2)cc1C(=O)O. The smallest absolute Gasteiger partial charge is 0.352 e. The van der Waals surface area contributed by atoms with Crippen molar-refractivity contribution >= 4 is 16.0 Å². The van der Waals surface area contributed by atoms with E-state index in [0.29, 0.717) is 12.5 Å². The van der Waals surface area contributed by atoms with Crippen LogP contribution < -0.4 is 0 Å². The molecule has 1 saturated heterocycles. The van der Waals surface area contributed by atoms with Crippen LogP contribution in [0.1, 0.15) is 49.0 Å². The van der Waals surface area contributed by atoms with Crippen LogP contribution in [0.4, 0.5) is 0 Å². The summed E-state index contributed by atoms with van der Waals surface area (Å²) in [6.45, 7) is 0.542. The van der Waals surface area contributed by atoms with Gasteiger partial charge in [-0.3, -0.25) is 0 Å². The van der Waals surface area contributed by atoms with Crippen LogP contribution in [0.15, 0.2) is 17.2 Å². The molecule has 6 nitrogen and oxygen atoms in total. The van der Waals surface area contributed by atoms with Crippen LogP contribution in [0.3, 0.4) is 0 Å². The molecular formula is C15H22N2O4S. The molecule has 0 aromatic carbocycles. The number of aromatic carboxylic acids is 1. The van der Waals surface area contributed by atoms with Crippen molar-refractivity contribution in [1.29, 1.82) is 0 Å². The Morgan fingerprint density at radius 1 is 1.23 bits per heavy atom. The van der Waals surface area contributed by atoms with Crippen molar-refractivity contribution < 1.29 is 18.3 Å². The Morgan fingerprint density at radius 2 is 1.91 bits per heavy atom. The maximum Gasteiger partial charge on any atom is 0.352 e. The van der Waals surface area contributed by atoms with Crippen molar-refractivity contribution in [3.8, 4) is 0 Å². The fourth-order valence-electron chi connectivity index (χ4n) is 3.90. The van der Waals surface area contributed by atoms with Crippen LogP contribution in [0.25, 0.3) is 0 Å². The third kappa shape index (κ3) is 2.56. The molecule has 0 amide bonds. The second-order valence-electron chi connectivity index (χ2n) is 6.35. The highest BCUT2D eigenvalue weighted by Crippen LogP contribution is 2.38. The molecule has 1 aromatic rings. The molecule has 1 aliphatic heterocycles. The van der Waals surface area contributed by atoms with Crippen LogP contribution in [0.2, 0.25) is 0 Å². The van der Waals surface area contributed by atoms with Crippen LogP contribution in [0, 0.1) is 5.92 Å². The highest BCUT2D eigenvalue weighted by atomic mass is 32.2. The Bertz CT molecular complexity index is 674. The van der Waals surface area contributed by atoms with Gasteiger partial charge in [-0.25, -0.2) is 13.2 Å². The van der Waals surface area contributed by atoms with E-state index in [1.165, 1.54) is 29.7 Å². The number of sulfonamides is 1. The molecule has 7 heteroatoms. The van der Waals surface area contributed by atoms with E-state index in [-0.39, 0.29) is 16.6 Å². The predicted molar refractivity (Wildman–Crippen MR) is 81.2 cm³/mol. The fraction of sp³-hybridized carbons (Fsp3) is 0.667. The molecule has 2 fully saturated rings. The first-order valence-electron chi connectivity index (χ1n) is 7.83. The Labute approximate surface area is 130 Å². The fourth-order valence-corrected chi connectivity index (χ4v) is 5.73. The molecule has 1 unspecified atom stereocenters. The van der Waals surface area contributed by atoms with Gasteiger partial charge in [0.05, 0.1) is 0 Å². The number of nitrogens with zero attached hydrogens (tertiary/aromatic N) is 2. The lowest BCUT2D eigenvalue weighted by molar-refractivity contribution is 0.0686. The molecule has 2 aliphatic rings. The van der Waals surface area contributed by atoms with Gasteiger partial charge in [-0.15, -0.1) is 0 Å². The summed E-state index contributed by atoms with van der Waals surface area (Å²) in [5.74, 6) is -0.655. The quantitative estimate of drug-likeness (QED) is 0.918. The van der Waals surface area contributed by atoms with E-state index in [1.807, 2.05) is 0 Å². The van der Waals surface area contributed by atoms with E-state index >= 15 is 0 Å². The Hall–Kier alpha value is -1.34. The highest BCUT2D eigenvalue weighted by molar-refractivity contribution is 7.89. The summed E-state index contributed by atoms with van der Waals surface area (Å²) >= 11 is 0. The van der Waals surface area contributed by atoms with E-state index in [4.69, 9.17) is 5.11 Å². The molecule has 1 N–H and O–H groups in total. The first kappa shape index (κ1) is 15.6. The van der Waals surface area contributed by atoms with E-state index in [0.717, 1.165) is 25.7 Å². The summed E-state index contributed by atoms with van der Waals surface area (Å²) in [7, 11) is -2.05. The number of carboxylic acid groups (broad SMARTS) is 1. The molecule has 1 aromatic heterocycles. The lowest BCUT2D eigenvalue weighted by atomic mass is 9.97. The van der Waals surface area contributed by atoms with Gasteiger partial charge in [0.2, 0.25) is 10.0 Å². The minimum Gasteiger partial charge on any atom is -0.477 e. The molecule has 2 heterocycles. The maximum atomic E-state index is 12.9. The number of carbonyl (C=O) groups is 1. The zero-order chi connectivity index (χ0) is 15.9. The van der Waals surface area contributed by atoms with Gasteiger partial charge in [0, 0.05) is 25.8 Å². The van der Waals surface area contributed by atoms with Crippen molar-refractivity contribution in [2.45, 2.75) is 49.5 Å². The lowest BCUT2D eigenvalue weighted by Crippen LogP contribution is -2.39. The summed E-state index contributed by atoms with van der Waals surface area (Å²) in [6, 6.07) is 1.35. The second-order valence-corrected chi connectivity index (χ2v) is 8.24. The van der Waals surface area contributed by atoms with Crippen LogP contribution in [-0.4, -0.2) is 41.0 Å². The molecule has 1 atom stereocenters. The predicted octanol–water partition coefficient (Wildman–Crippen LogP) is 2.07. The van der Waals surface area contributed by atoms with Gasteiger partial charge < -0.3 is 9.67 Å². The van der Waals surface area contributed by atoms with Crippen LogP contribution in [0.5, 0.6) is 0 Å². The van der Waals surface area contributed by atoms with Crippen molar-refractivity contribution in [3.63, 3.8) is 0 Å². The second kappa shape index (κ2) is 5.70. The van der Waals surface area contributed by atoms with E-state index in [1.54, 1.807) is 11.4 Å². The van der Waals surface area contributed by atoms with Crippen molar-refractivity contribution in [1.82, 2.24) is 8.87 Å². The average molecular weight is 326 g/mol. The highest BCUT2D eigenvalue weighted by Gasteiger charge is 2.40. The van der Waals surface area contributed by atoms with Gasteiger partial charge in [0.1, 0.15) is 10.6 Å². The molecule has 122 valence electrons. The van der Waals surface area contributed by atoms with Gasteiger partial charge in [-0.2, -0.15) is 4.31 Å². The molecule has 3 rings (SSSR count). The van der Waals surface area contributed by atoms with Crippen molar-refractivity contribution in [2.75, 3.05) is 6.54 Å². The third-order valence-electron chi connectivity index (χ3n) is 5.00. The third-order valence-corrected chi connectivity index (χ3v) is 6.89. The van der Waals surface area contributed by atoms with Crippen molar-refractivity contribution in [2.24, 2.45) is 13.0 Å². The van der Waals surface area contributed by atoms with Gasteiger partial charge >= 0.3 is 5.97 Å². The molecule has 0 spiro atoms. The number of carboxylic acids is 1. The number of aromatic nitrogens is 1. The minimum atomic E-state index is -3.61. The monoisotopic (exact) mass is 326 g/mol. The van der Waals surface area contributed by atoms with Gasteiger partial charge in [-0.1, -0.05) is 12.8 Å². The zero-order valence-electron chi connectivity index (χ0n) is 12.7. The Balaban J connectivity index is 1.91. The van der Waals surface area contributed by atoms with Crippen molar-refractivity contribution in [3.05, 3.63) is 18.0 Å². The normalized spacial score (nSPS) is 24.1. The average Bonchev–Trinajstić information content (AvgIpc) is 3.18. The standard InChI is InChI=1S/C15H22N2O4S/c1-16-10-12(9-14(16)15(18)19)22(20,21)17-8-4-7-13(17)11-5-2-3-6-11/h9-11,13H,2-8H2,1H3,(H,18,19). The lowest BCUT2D eigenvalue weighted by Gasteiger charge is -2.28. The van der Waals surface area contributed by atoms with Gasteiger partial charge in [0.25, 0.3) is 0 Å². The van der Waals surface area contributed by atoms with Crippen LogP contribution >= 0.6 is 0 Å². The number of hydrogen-bond acceptors (Lipinski definition) is 3. The largest absolute Gasteiger partial charge is 0.477 e. The molecular weight excluding hydrogens is 304 g/mol. The van der Waals surface area contributed by atoms with Crippen LogP contribution in [-0.2, 0) is 17.1 Å². The Morgan fingerprint density at radius 3 is 2.50 bits per heavy atom. The minimum absolute atomic E-state index is 0.00446. The summed E-state index contributed by atoms with van der Waals surface area (Å²) in [5.41, 5.74) is -0.00446. The summed E-state index contributed by atoms with van der Waals surface area (Å²) in [5, 5.41) is 9.11. The van der Waals surface area contributed by atoms with E-state index < -0.39 is 16.0 Å². The van der Waals surface area contributed by atoms with Gasteiger partial charge in [-0.05, 0) is 37.7 Å². The molecule has 22 heavy (non-hydrogen) atoms. The van der Waals surface area contributed by atoms with E-state index in [9.17, 15) is 13.2 Å². The molecule has 0 radical (unpaired) electrons. The van der Waals surface area contributed by atoms with Gasteiger partial charge in [0.15, 0.2) is 0 Å². The summed E-state index contributed by atoms with van der Waals surface area (Å²) in [4.78, 5) is 11.2. The zero-order valence-corrected chi connectivity index (χ0v) is 13.6. The Kier molecular flexibility index (Phi) is 4.03. The number of aryl methyl sites for hydroxylation is 1. The molecule has 1 saturated carbocycles. The molecule has 1 aliphatic carbocycles.